The molecular formula is C54H53N5O10. The first-order chi connectivity index (χ1) is 33.1. The summed E-state index contributed by atoms with van der Waals surface area (Å²) in [6.45, 7) is 6.29. The molecule has 0 aromatic heterocycles. The molecule has 6 aromatic carbocycles. The maximum absolute atomic E-state index is 15.0. The number of rotatable bonds is 13. The Morgan fingerprint density at radius 3 is 2.06 bits per heavy atom. The lowest BCUT2D eigenvalue weighted by Crippen LogP contribution is -2.56. The molecule has 2 atom stereocenters. The van der Waals surface area contributed by atoms with E-state index < -0.39 is 53.4 Å². The van der Waals surface area contributed by atoms with Gasteiger partial charge in [-0.15, -0.1) is 0 Å². The Morgan fingerprint density at radius 2 is 1.41 bits per heavy atom. The average Bonchev–Trinajstić information content (AvgIpc) is 3.61. The van der Waals surface area contributed by atoms with Crippen LogP contribution in [0.4, 0.5) is 21.9 Å². The third kappa shape index (κ3) is 10.3. The number of hydrogen-bond acceptors (Lipinski definition) is 11. The van der Waals surface area contributed by atoms with Crippen molar-refractivity contribution >= 4 is 63.6 Å². The first-order valence-corrected chi connectivity index (χ1v) is 22.5. The minimum atomic E-state index is -1.29. The number of carbonyl (C=O) groups excluding carboxylic acids is 6. The molecule has 4 amide bonds. The second-order valence-electron chi connectivity index (χ2n) is 17.8. The van der Waals surface area contributed by atoms with Gasteiger partial charge in [0.2, 0.25) is 5.91 Å². The number of amides is 4. The first-order valence-electron chi connectivity index (χ1n) is 22.5. The zero-order chi connectivity index (χ0) is 49.0. The van der Waals surface area contributed by atoms with Crippen molar-refractivity contribution in [2.24, 2.45) is 0 Å². The van der Waals surface area contributed by atoms with Gasteiger partial charge >= 0.3 is 18.0 Å². The molecule has 0 radical (unpaired) electrons. The highest BCUT2D eigenvalue weighted by Gasteiger charge is 2.39. The second-order valence-corrected chi connectivity index (χ2v) is 17.8. The monoisotopic (exact) mass is 931 g/mol. The summed E-state index contributed by atoms with van der Waals surface area (Å²) in [5, 5.41) is 9.87. The Labute approximate surface area is 399 Å². The van der Waals surface area contributed by atoms with Gasteiger partial charge in [-0.1, -0.05) is 72.8 Å². The van der Waals surface area contributed by atoms with Crippen molar-refractivity contribution in [2.45, 2.75) is 57.8 Å². The Morgan fingerprint density at radius 1 is 0.768 bits per heavy atom. The van der Waals surface area contributed by atoms with E-state index in [1.54, 1.807) is 107 Å². The maximum Gasteiger partial charge on any atom is 0.411 e. The fourth-order valence-corrected chi connectivity index (χ4v) is 8.79. The highest BCUT2D eigenvalue weighted by molar-refractivity contribution is 6.13. The number of methoxy groups -OCH3 is 2. The Hall–Kier alpha value is -8.04. The number of ether oxygens (including phenoxy) is 4. The molecular weight excluding hydrogens is 879 g/mol. The minimum Gasteiger partial charge on any atom is -0.496 e. The summed E-state index contributed by atoms with van der Waals surface area (Å²) < 4.78 is 21.9. The van der Waals surface area contributed by atoms with E-state index in [0.717, 1.165) is 22.3 Å². The molecule has 1 aliphatic carbocycles. The molecule has 2 aliphatic rings. The summed E-state index contributed by atoms with van der Waals surface area (Å²) in [5.41, 5.74) is 6.00. The van der Waals surface area contributed by atoms with Crippen molar-refractivity contribution in [3.05, 3.63) is 155 Å². The van der Waals surface area contributed by atoms with Gasteiger partial charge < -0.3 is 34.1 Å². The van der Waals surface area contributed by atoms with Crippen LogP contribution in [-0.2, 0) is 35.1 Å². The molecule has 15 nitrogen and oxygen atoms in total. The molecule has 354 valence electrons. The van der Waals surface area contributed by atoms with Gasteiger partial charge in [0.25, 0.3) is 11.8 Å². The van der Waals surface area contributed by atoms with Gasteiger partial charge in [-0.05, 0) is 115 Å². The van der Waals surface area contributed by atoms with Crippen LogP contribution in [-0.4, -0.2) is 87.4 Å². The smallest absolute Gasteiger partial charge is 0.411 e. The summed E-state index contributed by atoms with van der Waals surface area (Å²) in [7, 11) is 2.82. The molecule has 3 N–H and O–H groups in total. The van der Waals surface area contributed by atoms with Crippen LogP contribution in [0.1, 0.15) is 71.0 Å². The van der Waals surface area contributed by atoms with E-state index in [0.29, 0.717) is 44.7 Å². The number of para-hydroxylation sites is 2. The van der Waals surface area contributed by atoms with E-state index >= 15 is 4.79 Å². The number of carbonyl (C=O) groups is 6. The van der Waals surface area contributed by atoms with Crippen molar-refractivity contribution in [3.8, 4) is 16.9 Å². The summed E-state index contributed by atoms with van der Waals surface area (Å²) in [6, 6.07) is 35.8. The van der Waals surface area contributed by atoms with E-state index in [-0.39, 0.29) is 37.7 Å². The van der Waals surface area contributed by atoms with Gasteiger partial charge in [-0.2, -0.15) is 0 Å². The van der Waals surface area contributed by atoms with Crippen molar-refractivity contribution in [1.29, 1.82) is 0 Å². The SMILES string of the molecule is COC(=O)c1ccc2c(CN3C(=O)[C@@H](NC(=O)[C@H](C)NCC(=O)OC(C)(C)C)CN(C(=O)c4ccc(NC(=O)OCC5c6ccccc6-c6ccccc65)cc4)c4ccccc43)c(OC)ccc2c1. The highest BCUT2D eigenvalue weighted by Crippen LogP contribution is 2.45. The number of nitrogens with one attached hydrogen (secondary N) is 3. The van der Waals surface area contributed by atoms with Crippen molar-refractivity contribution < 1.29 is 47.7 Å². The number of anilines is 3. The van der Waals surface area contributed by atoms with Crippen molar-refractivity contribution in [1.82, 2.24) is 10.6 Å². The van der Waals surface area contributed by atoms with Crippen LogP contribution < -0.4 is 30.5 Å². The van der Waals surface area contributed by atoms with Gasteiger partial charge in [0, 0.05) is 22.7 Å². The lowest BCUT2D eigenvalue weighted by Gasteiger charge is -2.27. The third-order valence-electron chi connectivity index (χ3n) is 12.1. The number of nitrogens with zero attached hydrogens (tertiary/aromatic N) is 2. The quantitative estimate of drug-likeness (QED) is 0.0754. The van der Waals surface area contributed by atoms with Crippen LogP contribution in [0.25, 0.3) is 21.9 Å². The largest absolute Gasteiger partial charge is 0.496 e. The van der Waals surface area contributed by atoms with Gasteiger partial charge in [0.05, 0.1) is 56.8 Å². The molecule has 0 saturated heterocycles. The van der Waals surface area contributed by atoms with Crippen LogP contribution in [0, 0.1) is 0 Å². The van der Waals surface area contributed by atoms with Gasteiger partial charge in [-0.25, -0.2) is 9.59 Å². The number of fused-ring (bicyclic) bond motifs is 5. The summed E-state index contributed by atoms with van der Waals surface area (Å²) in [5.74, 6) is -2.35. The Balaban J connectivity index is 1.06. The van der Waals surface area contributed by atoms with Crippen LogP contribution in [0.3, 0.4) is 0 Å². The normalized spacial score (nSPS) is 14.7. The van der Waals surface area contributed by atoms with Crippen LogP contribution in [0.15, 0.2) is 127 Å². The van der Waals surface area contributed by atoms with Gasteiger partial charge in [0.15, 0.2) is 0 Å². The van der Waals surface area contributed by atoms with Crippen LogP contribution in [0.5, 0.6) is 5.75 Å². The van der Waals surface area contributed by atoms with E-state index in [4.69, 9.17) is 18.9 Å². The summed E-state index contributed by atoms with van der Waals surface area (Å²) in [6.07, 6.45) is -0.656. The molecule has 0 spiro atoms. The van der Waals surface area contributed by atoms with Crippen LogP contribution in [0.2, 0.25) is 0 Å². The van der Waals surface area contributed by atoms with E-state index in [1.165, 1.54) is 24.0 Å². The van der Waals surface area contributed by atoms with E-state index in [1.807, 2.05) is 36.4 Å². The standard InChI is InChI=1S/C54H53N5O10/c1-32(55-28-48(60)69-54(2,3)4)49(61)57-44-30-59(46-18-12-11-17-45(46)58(51(44)63)29-42-37-25-21-35(52(64)67-6)27-34(37)22-26-47(42)66-5)50(62)33-19-23-36(24-20-33)56-53(65)68-31-43-40-15-9-7-13-38(40)39-14-8-10-16-41(39)43/h7-27,32,43-44,55H,28-31H2,1-6H3,(H,56,65)(H,57,61)/t32-,44-/m0/s1. The molecule has 6 aromatic rings. The Kier molecular flexibility index (Phi) is 13.8. The molecule has 1 aliphatic heterocycles. The average molecular weight is 932 g/mol. The zero-order valence-corrected chi connectivity index (χ0v) is 39.2. The zero-order valence-electron chi connectivity index (χ0n) is 39.2. The third-order valence-corrected chi connectivity index (χ3v) is 12.1. The summed E-state index contributed by atoms with van der Waals surface area (Å²) in [4.78, 5) is 84.8. The molecule has 69 heavy (non-hydrogen) atoms. The minimum absolute atomic E-state index is 0.0645. The molecule has 15 heteroatoms. The number of esters is 2. The van der Waals surface area contributed by atoms with Crippen molar-refractivity contribution in [2.75, 3.05) is 49.0 Å². The van der Waals surface area contributed by atoms with Gasteiger partial charge in [0.1, 0.15) is 24.0 Å². The topological polar surface area (TPSA) is 182 Å². The molecule has 0 unspecified atom stereocenters. The fourth-order valence-electron chi connectivity index (χ4n) is 8.79. The first kappa shape index (κ1) is 47.5. The molecule has 0 fully saturated rings. The number of hydrogen-bond donors (Lipinski definition) is 3. The fraction of sp³-hybridized carbons (Fsp3) is 0.259. The lowest BCUT2D eigenvalue weighted by molar-refractivity contribution is -0.153. The molecule has 0 saturated carbocycles. The summed E-state index contributed by atoms with van der Waals surface area (Å²) >= 11 is 0. The van der Waals surface area contributed by atoms with Crippen LogP contribution >= 0.6 is 0 Å². The Bertz CT molecular complexity index is 2920. The van der Waals surface area contributed by atoms with Crippen molar-refractivity contribution in [3.63, 3.8) is 0 Å². The number of benzene rings is 6. The second kappa shape index (κ2) is 20.1. The predicted molar refractivity (Wildman–Crippen MR) is 262 cm³/mol. The predicted octanol–water partition coefficient (Wildman–Crippen LogP) is 7.99. The molecule has 8 rings (SSSR count). The maximum atomic E-state index is 15.0. The molecule has 0 bridgehead atoms. The van der Waals surface area contributed by atoms with Gasteiger partial charge in [-0.3, -0.25) is 29.8 Å². The lowest BCUT2D eigenvalue weighted by atomic mass is 9.98. The van der Waals surface area contributed by atoms with E-state index in [2.05, 4.69) is 28.1 Å². The van der Waals surface area contributed by atoms with E-state index in [9.17, 15) is 24.0 Å². The molecule has 1 heterocycles. The highest BCUT2D eigenvalue weighted by atomic mass is 16.6.